The first-order valence-electron chi connectivity index (χ1n) is 9.26. The number of nitrogens with one attached hydrogen (secondary N) is 1. The van der Waals surface area contributed by atoms with Crippen molar-refractivity contribution in [2.75, 3.05) is 47.0 Å². The van der Waals surface area contributed by atoms with Crippen molar-refractivity contribution < 1.29 is 9.47 Å². The third-order valence-corrected chi connectivity index (χ3v) is 4.47. The molecule has 0 aliphatic carbocycles. The van der Waals surface area contributed by atoms with Crippen LogP contribution in [0.5, 0.6) is 0 Å². The summed E-state index contributed by atoms with van der Waals surface area (Å²) in [6.07, 6.45) is 7.26. The molecule has 0 bridgehead atoms. The Balaban J connectivity index is 1.66. The second kappa shape index (κ2) is 11.1. The molecule has 1 aromatic heterocycles. The molecule has 142 valence electrons. The minimum atomic E-state index is 0.366. The molecule has 1 atom stereocenters. The Morgan fingerprint density at radius 3 is 2.80 bits per heavy atom. The van der Waals surface area contributed by atoms with Gasteiger partial charge >= 0.3 is 0 Å². The average Bonchev–Trinajstić information content (AvgIpc) is 3.13. The van der Waals surface area contributed by atoms with Crippen LogP contribution in [0.15, 0.2) is 23.5 Å². The van der Waals surface area contributed by atoms with Gasteiger partial charge in [-0.3, -0.25) is 9.67 Å². The Kier molecular flexibility index (Phi) is 8.76. The Morgan fingerprint density at radius 1 is 1.36 bits per heavy atom. The monoisotopic (exact) mass is 351 g/mol. The van der Waals surface area contributed by atoms with Gasteiger partial charge in [0, 0.05) is 65.9 Å². The molecule has 0 amide bonds. The predicted octanol–water partition coefficient (Wildman–Crippen LogP) is 1.61. The van der Waals surface area contributed by atoms with Gasteiger partial charge in [0.1, 0.15) is 0 Å². The van der Waals surface area contributed by atoms with Gasteiger partial charge in [-0.15, -0.1) is 0 Å². The highest BCUT2D eigenvalue weighted by atomic mass is 16.5. The molecule has 1 aliphatic heterocycles. The van der Waals surface area contributed by atoms with Gasteiger partial charge in [-0.2, -0.15) is 5.10 Å². The second-order valence-corrected chi connectivity index (χ2v) is 6.66. The lowest BCUT2D eigenvalue weighted by atomic mass is 10.1. The average molecular weight is 351 g/mol. The van der Waals surface area contributed by atoms with Crippen molar-refractivity contribution in [2.45, 2.75) is 38.8 Å². The lowest BCUT2D eigenvalue weighted by Gasteiger charge is -2.34. The molecule has 0 radical (unpaired) electrons. The fraction of sp³-hybridized carbons (Fsp3) is 0.778. The van der Waals surface area contributed by atoms with Crippen LogP contribution in [0.1, 0.15) is 26.2 Å². The Hall–Kier alpha value is -1.60. The molecule has 1 fully saturated rings. The molecular formula is C18H33N5O2. The van der Waals surface area contributed by atoms with Crippen molar-refractivity contribution in [1.82, 2.24) is 20.0 Å². The molecule has 1 saturated heterocycles. The van der Waals surface area contributed by atoms with Gasteiger partial charge in [0.25, 0.3) is 0 Å². The standard InChI is InChI=1S/C18H33N5O2/c1-16(15-23-9-4-8-21-23)14-20-18(19-2)22-10-6-17(7-11-22)25-13-5-12-24-3/h4,8-9,16-17H,5-7,10-15H2,1-3H3,(H,19,20). The Morgan fingerprint density at radius 2 is 2.16 bits per heavy atom. The summed E-state index contributed by atoms with van der Waals surface area (Å²) in [5.74, 6) is 1.48. The first-order valence-corrected chi connectivity index (χ1v) is 9.26. The summed E-state index contributed by atoms with van der Waals surface area (Å²) in [7, 11) is 3.58. The fourth-order valence-electron chi connectivity index (χ4n) is 3.08. The number of piperidine rings is 1. The molecule has 1 N–H and O–H groups in total. The van der Waals surface area contributed by atoms with Crippen molar-refractivity contribution >= 4 is 5.96 Å². The molecule has 7 heteroatoms. The minimum Gasteiger partial charge on any atom is -0.385 e. The molecule has 0 saturated carbocycles. The van der Waals surface area contributed by atoms with E-state index in [0.29, 0.717) is 12.0 Å². The number of hydrogen-bond donors (Lipinski definition) is 1. The number of rotatable bonds is 9. The van der Waals surface area contributed by atoms with E-state index in [4.69, 9.17) is 9.47 Å². The number of likely N-dealkylation sites (tertiary alicyclic amines) is 1. The fourth-order valence-corrected chi connectivity index (χ4v) is 3.08. The van der Waals surface area contributed by atoms with Crippen LogP contribution in [-0.4, -0.2) is 73.7 Å². The van der Waals surface area contributed by atoms with Gasteiger partial charge in [0.05, 0.1) is 6.10 Å². The Bertz CT molecular complexity index is 484. The molecule has 2 heterocycles. The second-order valence-electron chi connectivity index (χ2n) is 6.66. The van der Waals surface area contributed by atoms with Crippen LogP contribution < -0.4 is 5.32 Å². The largest absolute Gasteiger partial charge is 0.385 e. The third-order valence-electron chi connectivity index (χ3n) is 4.47. The van der Waals surface area contributed by atoms with Crippen molar-refractivity contribution in [3.05, 3.63) is 18.5 Å². The number of methoxy groups -OCH3 is 1. The van der Waals surface area contributed by atoms with Gasteiger partial charge in [-0.1, -0.05) is 6.92 Å². The smallest absolute Gasteiger partial charge is 0.193 e. The van der Waals surface area contributed by atoms with Gasteiger partial charge in [-0.25, -0.2) is 0 Å². The van der Waals surface area contributed by atoms with E-state index in [1.54, 1.807) is 7.11 Å². The van der Waals surface area contributed by atoms with E-state index in [-0.39, 0.29) is 0 Å². The summed E-state index contributed by atoms with van der Waals surface area (Å²) in [6, 6.07) is 1.96. The summed E-state index contributed by atoms with van der Waals surface area (Å²) in [6.45, 7) is 7.56. The van der Waals surface area contributed by atoms with Crippen LogP contribution in [0.2, 0.25) is 0 Å². The van der Waals surface area contributed by atoms with E-state index in [1.807, 2.05) is 30.2 Å². The van der Waals surface area contributed by atoms with Gasteiger partial charge in [-0.05, 0) is 31.2 Å². The van der Waals surface area contributed by atoms with E-state index in [1.165, 1.54) is 0 Å². The van der Waals surface area contributed by atoms with E-state index < -0.39 is 0 Å². The first kappa shape index (κ1) is 19.7. The normalized spacial score (nSPS) is 17.7. The van der Waals surface area contributed by atoms with Crippen LogP contribution in [0.25, 0.3) is 0 Å². The maximum Gasteiger partial charge on any atom is 0.193 e. The van der Waals surface area contributed by atoms with Gasteiger partial charge in [0.2, 0.25) is 0 Å². The molecule has 7 nitrogen and oxygen atoms in total. The quantitative estimate of drug-likeness (QED) is 0.416. The molecule has 0 spiro atoms. The van der Waals surface area contributed by atoms with E-state index >= 15 is 0 Å². The van der Waals surface area contributed by atoms with Gasteiger partial charge in [0.15, 0.2) is 5.96 Å². The SMILES string of the molecule is CN=C(NCC(C)Cn1cccn1)N1CCC(OCCCOC)CC1. The van der Waals surface area contributed by atoms with Crippen LogP contribution in [0, 0.1) is 5.92 Å². The molecule has 0 aromatic carbocycles. The zero-order valence-corrected chi connectivity index (χ0v) is 15.9. The Labute approximate surface area is 151 Å². The highest BCUT2D eigenvalue weighted by molar-refractivity contribution is 5.79. The predicted molar refractivity (Wildman–Crippen MR) is 99.8 cm³/mol. The number of guanidine groups is 1. The lowest BCUT2D eigenvalue weighted by Crippen LogP contribution is -2.48. The summed E-state index contributed by atoms with van der Waals surface area (Å²) < 4.78 is 13.0. The van der Waals surface area contributed by atoms with E-state index in [9.17, 15) is 0 Å². The highest BCUT2D eigenvalue weighted by Gasteiger charge is 2.22. The van der Waals surface area contributed by atoms with Crippen LogP contribution in [0.4, 0.5) is 0 Å². The number of nitrogens with zero attached hydrogens (tertiary/aromatic N) is 4. The maximum atomic E-state index is 5.93. The topological polar surface area (TPSA) is 63.9 Å². The van der Waals surface area contributed by atoms with Crippen LogP contribution >= 0.6 is 0 Å². The minimum absolute atomic E-state index is 0.366. The number of hydrogen-bond acceptors (Lipinski definition) is 4. The molecule has 25 heavy (non-hydrogen) atoms. The van der Waals surface area contributed by atoms with Crippen molar-refractivity contribution in [3.8, 4) is 0 Å². The van der Waals surface area contributed by atoms with Crippen molar-refractivity contribution in [2.24, 2.45) is 10.9 Å². The first-order chi connectivity index (χ1) is 12.2. The molecule has 2 rings (SSSR count). The summed E-state index contributed by atoms with van der Waals surface area (Å²) in [4.78, 5) is 6.77. The van der Waals surface area contributed by atoms with Crippen LogP contribution in [0.3, 0.4) is 0 Å². The zero-order valence-electron chi connectivity index (χ0n) is 15.9. The molecular weight excluding hydrogens is 318 g/mol. The molecule has 1 unspecified atom stereocenters. The molecule has 1 aliphatic rings. The van der Waals surface area contributed by atoms with E-state index in [2.05, 4.69) is 27.2 Å². The van der Waals surface area contributed by atoms with E-state index in [0.717, 1.165) is 64.6 Å². The molecule has 1 aromatic rings. The maximum absolute atomic E-state index is 5.93. The van der Waals surface area contributed by atoms with Crippen molar-refractivity contribution in [1.29, 1.82) is 0 Å². The summed E-state index contributed by atoms with van der Waals surface area (Å²) in [5.41, 5.74) is 0. The highest BCUT2D eigenvalue weighted by Crippen LogP contribution is 2.14. The lowest BCUT2D eigenvalue weighted by molar-refractivity contribution is 0.00988. The van der Waals surface area contributed by atoms with Crippen LogP contribution in [-0.2, 0) is 16.0 Å². The third kappa shape index (κ3) is 7.04. The number of aromatic nitrogens is 2. The van der Waals surface area contributed by atoms with Gasteiger partial charge < -0.3 is 19.7 Å². The number of aliphatic imine (C=N–C) groups is 1. The summed E-state index contributed by atoms with van der Waals surface area (Å²) in [5, 5.41) is 7.77. The van der Waals surface area contributed by atoms with Crippen molar-refractivity contribution in [3.63, 3.8) is 0 Å². The number of ether oxygens (including phenoxy) is 2. The summed E-state index contributed by atoms with van der Waals surface area (Å²) >= 11 is 0. The zero-order chi connectivity index (χ0) is 17.9.